The number of amides is 1. The number of hydroxylamine groups is 1. The summed E-state index contributed by atoms with van der Waals surface area (Å²) in [5.41, 5.74) is 0.768. The van der Waals surface area contributed by atoms with Crippen LogP contribution in [0.15, 0.2) is 66.7 Å². The van der Waals surface area contributed by atoms with E-state index in [-0.39, 0.29) is 0 Å². The Bertz CT molecular complexity index is 839. The van der Waals surface area contributed by atoms with Crippen molar-refractivity contribution in [3.63, 3.8) is 0 Å². The van der Waals surface area contributed by atoms with Gasteiger partial charge in [-0.2, -0.15) is 5.06 Å². The molecule has 0 saturated heterocycles. The third-order valence-electron chi connectivity index (χ3n) is 3.60. The molecule has 0 aliphatic heterocycles. The standard InChI is InChI=1S/C19H17NO3/c1-2-23-18-13-6-5-11-16(18)19(21)20(22)17-12-7-9-14-8-3-4-10-15(14)17/h3-13,22H,2H2,1H3. The Morgan fingerprint density at radius 3 is 2.52 bits per heavy atom. The summed E-state index contributed by atoms with van der Waals surface area (Å²) < 4.78 is 5.47. The van der Waals surface area contributed by atoms with E-state index in [0.717, 1.165) is 10.8 Å². The van der Waals surface area contributed by atoms with Gasteiger partial charge in [-0.1, -0.05) is 48.5 Å². The van der Waals surface area contributed by atoms with Crippen LogP contribution in [-0.2, 0) is 0 Å². The van der Waals surface area contributed by atoms with Crippen molar-refractivity contribution in [2.24, 2.45) is 0 Å². The van der Waals surface area contributed by atoms with E-state index in [9.17, 15) is 10.0 Å². The second kappa shape index (κ2) is 6.50. The van der Waals surface area contributed by atoms with Crippen molar-refractivity contribution < 1.29 is 14.7 Å². The van der Waals surface area contributed by atoms with Gasteiger partial charge < -0.3 is 4.74 Å². The fraction of sp³-hybridized carbons (Fsp3) is 0.105. The third kappa shape index (κ3) is 2.89. The molecule has 0 unspecified atom stereocenters. The minimum atomic E-state index is -0.523. The monoisotopic (exact) mass is 307 g/mol. The minimum absolute atomic E-state index is 0.324. The Labute approximate surface area is 134 Å². The molecule has 0 radical (unpaired) electrons. The molecule has 3 aromatic rings. The van der Waals surface area contributed by atoms with Gasteiger partial charge in [-0.15, -0.1) is 0 Å². The molecular weight excluding hydrogens is 290 g/mol. The van der Waals surface area contributed by atoms with Crippen LogP contribution in [0.5, 0.6) is 5.75 Å². The summed E-state index contributed by atoms with van der Waals surface area (Å²) in [7, 11) is 0. The summed E-state index contributed by atoms with van der Waals surface area (Å²) in [5.74, 6) is -0.0651. The molecule has 1 N–H and O–H groups in total. The van der Waals surface area contributed by atoms with Crippen molar-refractivity contribution in [3.8, 4) is 5.75 Å². The van der Waals surface area contributed by atoms with Crippen molar-refractivity contribution >= 4 is 22.4 Å². The SMILES string of the molecule is CCOc1ccccc1C(=O)N(O)c1cccc2ccccc12. The highest BCUT2D eigenvalue weighted by Gasteiger charge is 2.21. The molecule has 0 aliphatic rings. The largest absolute Gasteiger partial charge is 0.493 e. The average molecular weight is 307 g/mol. The van der Waals surface area contributed by atoms with Gasteiger partial charge in [0.15, 0.2) is 0 Å². The lowest BCUT2D eigenvalue weighted by atomic mass is 10.1. The van der Waals surface area contributed by atoms with Crippen molar-refractivity contribution in [1.82, 2.24) is 0 Å². The maximum Gasteiger partial charge on any atom is 0.285 e. The number of rotatable bonds is 4. The van der Waals surface area contributed by atoms with E-state index in [0.29, 0.717) is 28.7 Å². The van der Waals surface area contributed by atoms with Crippen molar-refractivity contribution in [2.45, 2.75) is 6.92 Å². The van der Waals surface area contributed by atoms with Gasteiger partial charge in [0.05, 0.1) is 17.9 Å². The van der Waals surface area contributed by atoms with E-state index in [1.165, 1.54) is 0 Å². The highest BCUT2D eigenvalue weighted by Crippen LogP contribution is 2.28. The molecule has 4 nitrogen and oxygen atoms in total. The van der Waals surface area contributed by atoms with Crippen LogP contribution in [-0.4, -0.2) is 17.7 Å². The molecule has 116 valence electrons. The van der Waals surface area contributed by atoms with Crippen LogP contribution in [0.3, 0.4) is 0 Å². The summed E-state index contributed by atoms with van der Waals surface area (Å²) in [5, 5.41) is 12.9. The van der Waals surface area contributed by atoms with Crippen LogP contribution >= 0.6 is 0 Å². The summed E-state index contributed by atoms with van der Waals surface area (Å²) in [6, 6.07) is 19.9. The van der Waals surface area contributed by atoms with Gasteiger partial charge in [0.2, 0.25) is 0 Å². The van der Waals surface area contributed by atoms with Crippen LogP contribution in [0.2, 0.25) is 0 Å². The second-order valence-electron chi connectivity index (χ2n) is 5.04. The Kier molecular flexibility index (Phi) is 4.26. The molecule has 0 bridgehead atoms. The molecular formula is C19H17NO3. The quantitative estimate of drug-likeness (QED) is 0.578. The first-order valence-electron chi connectivity index (χ1n) is 7.45. The number of hydrogen-bond donors (Lipinski definition) is 1. The van der Waals surface area contributed by atoms with Gasteiger partial charge in [-0.3, -0.25) is 10.0 Å². The number of fused-ring (bicyclic) bond motifs is 1. The highest BCUT2D eigenvalue weighted by atomic mass is 16.5. The Morgan fingerprint density at radius 2 is 1.70 bits per heavy atom. The zero-order chi connectivity index (χ0) is 16.2. The molecule has 0 spiro atoms. The number of nitrogens with zero attached hydrogens (tertiary/aromatic N) is 1. The number of carbonyl (C=O) groups is 1. The minimum Gasteiger partial charge on any atom is -0.493 e. The summed E-state index contributed by atoms with van der Waals surface area (Å²) >= 11 is 0. The first-order chi connectivity index (χ1) is 11.2. The number of para-hydroxylation sites is 1. The highest BCUT2D eigenvalue weighted by molar-refractivity contribution is 6.10. The van der Waals surface area contributed by atoms with Crippen molar-refractivity contribution in [2.75, 3.05) is 11.7 Å². The van der Waals surface area contributed by atoms with Crippen molar-refractivity contribution in [1.29, 1.82) is 0 Å². The molecule has 3 rings (SSSR count). The Morgan fingerprint density at radius 1 is 1.00 bits per heavy atom. The number of ether oxygens (including phenoxy) is 1. The maximum absolute atomic E-state index is 12.7. The smallest absolute Gasteiger partial charge is 0.285 e. The van der Waals surface area contributed by atoms with E-state index in [1.54, 1.807) is 30.3 Å². The number of carbonyl (C=O) groups excluding carboxylic acids is 1. The summed E-state index contributed by atoms with van der Waals surface area (Å²) in [6.45, 7) is 2.30. The normalized spacial score (nSPS) is 10.5. The molecule has 0 aromatic heterocycles. The molecule has 4 heteroatoms. The number of benzene rings is 3. The lowest BCUT2D eigenvalue weighted by molar-refractivity contribution is 0.0852. The van der Waals surface area contributed by atoms with Gasteiger partial charge in [-0.05, 0) is 30.5 Å². The zero-order valence-electron chi connectivity index (χ0n) is 12.8. The topological polar surface area (TPSA) is 49.8 Å². The predicted molar refractivity (Wildman–Crippen MR) is 90.2 cm³/mol. The first-order valence-corrected chi connectivity index (χ1v) is 7.45. The molecule has 1 amide bonds. The van der Waals surface area contributed by atoms with E-state index in [2.05, 4.69) is 0 Å². The van der Waals surface area contributed by atoms with Crippen LogP contribution < -0.4 is 9.80 Å². The van der Waals surface area contributed by atoms with Crippen LogP contribution in [0.4, 0.5) is 5.69 Å². The lowest BCUT2D eigenvalue weighted by Gasteiger charge is -2.18. The molecule has 3 aromatic carbocycles. The van der Waals surface area contributed by atoms with Gasteiger partial charge >= 0.3 is 0 Å². The second-order valence-corrected chi connectivity index (χ2v) is 5.04. The molecule has 0 heterocycles. The third-order valence-corrected chi connectivity index (χ3v) is 3.60. The van der Waals surface area contributed by atoms with Gasteiger partial charge in [-0.25, -0.2) is 0 Å². The maximum atomic E-state index is 12.7. The lowest BCUT2D eigenvalue weighted by Crippen LogP contribution is -2.27. The first kappa shape index (κ1) is 15.1. The van der Waals surface area contributed by atoms with Gasteiger partial charge in [0.1, 0.15) is 5.75 Å². The van der Waals surface area contributed by atoms with Gasteiger partial charge in [0, 0.05) is 5.39 Å². The predicted octanol–water partition coefficient (Wildman–Crippen LogP) is 4.27. The van der Waals surface area contributed by atoms with E-state index in [1.807, 2.05) is 43.3 Å². The fourth-order valence-corrected chi connectivity index (χ4v) is 2.54. The molecule has 0 atom stereocenters. The van der Waals surface area contributed by atoms with E-state index < -0.39 is 5.91 Å². The van der Waals surface area contributed by atoms with Crippen LogP contribution in [0.1, 0.15) is 17.3 Å². The van der Waals surface area contributed by atoms with E-state index in [4.69, 9.17) is 4.74 Å². The fourth-order valence-electron chi connectivity index (χ4n) is 2.54. The number of anilines is 1. The van der Waals surface area contributed by atoms with Crippen LogP contribution in [0, 0.1) is 0 Å². The van der Waals surface area contributed by atoms with Gasteiger partial charge in [0.25, 0.3) is 5.91 Å². The Hall–Kier alpha value is -2.85. The van der Waals surface area contributed by atoms with Crippen LogP contribution in [0.25, 0.3) is 10.8 Å². The number of hydrogen-bond acceptors (Lipinski definition) is 3. The zero-order valence-corrected chi connectivity index (χ0v) is 12.8. The van der Waals surface area contributed by atoms with Crippen molar-refractivity contribution in [3.05, 3.63) is 72.3 Å². The molecule has 23 heavy (non-hydrogen) atoms. The average Bonchev–Trinajstić information content (AvgIpc) is 2.61. The summed E-state index contributed by atoms with van der Waals surface area (Å²) in [4.78, 5) is 12.7. The Balaban J connectivity index is 2.02. The summed E-state index contributed by atoms with van der Waals surface area (Å²) in [6.07, 6.45) is 0. The van der Waals surface area contributed by atoms with E-state index >= 15 is 0 Å². The molecule has 0 fully saturated rings. The molecule has 0 saturated carbocycles. The molecule has 0 aliphatic carbocycles.